The SMILES string of the molecule is NC(=O)c1csc(CNc2cc(C(N)=O)c(F)cc2F)c1. The van der Waals surface area contributed by atoms with Gasteiger partial charge in [-0.25, -0.2) is 8.78 Å². The fraction of sp³-hybridized carbons (Fsp3) is 0.0769. The van der Waals surface area contributed by atoms with Crippen molar-refractivity contribution in [3.63, 3.8) is 0 Å². The number of nitrogens with one attached hydrogen (secondary N) is 1. The average molecular weight is 311 g/mol. The summed E-state index contributed by atoms with van der Waals surface area (Å²) in [5, 5.41) is 4.29. The summed E-state index contributed by atoms with van der Waals surface area (Å²) in [4.78, 5) is 22.7. The first-order valence-electron chi connectivity index (χ1n) is 5.78. The van der Waals surface area contributed by atoms with E-state index in [0.717, 1.165) is 10.9 Å². The van der Waals surface area contributed by atoms with Crippen LogP contribution in [0.4, 0.5) is 14.5 Å². The van der Waals surface area contributed by atoms with E-state index in [-0.39, 0.29) is 12.2 Å². The Balaban J connectivity index is 2.17. The van der Waals surface area contributed by atoms with Crippen molar-refractivity contribution >= 4 is 28.8 Å². The van der Waals surface area contributed by atoms with Gasteiger partial charge in [-0.1, -0.05) is 0 Å². The van der Waals surface area contributed by atoms with Gasteiger partial charge in [0.1, 0.15) is 11.6 Å². The molecule has 5 N–H and O–H groups in total. The van der Waals surface area contributed by atoms with E-state index in [2.05, 4.69) is 5.32 Å². The molecule has 1 heterocycles. The van der Waals surface area contributed by atoms with Gasteiger partial charge in [-0.3, -0.25) is 9.59 Å². The summed E-state index contributed by atoms with van der Waals surface area (Å²) in [6.45, 7) is 0.193. The van der Waals surface area contributed by atoms with Crippen LogP contribution < -0.4 is 16.8 Å². The molecule has 0 aliphatic heterocycles. The molecule has 2 rings (SSSR count). The Hall–Kier alpha value is -2.48. The molecular weight excluding hydrogens is 300 g/mol. The summed E-state index contributed by atoms with van der Waals surface area (Å²) < 4.78 is 26.9. The summed E-state index contributed by atoms with van der Waals surface area (Å²) in [6, 6.07) is 3.16. The number of rotatable bonds is 5. The van der Waals surface area contributed by atoms with E-state index in [1.807, 2.05) is 0 Å². The first-order valence-corrected chi connectivity index (χ1v) is 6.66. The first kappa shape index (κ1) is 14.9. The van der Waals surface area contributed by atoms with Crippen LogP contribution in [0.2, 0.25) is 0 Å². The molecule has 8 heteroatoms. The topological polar surface area (TPSA) is 98.2 Å². The molecule has 0 spiro atoms. The molecule has 0 saturated carbocycles. The second kappa shape index (κ2) is 5.88. The highest BCUT2D eigenvalue weighted by molar-refractivity contribution is 7.10. The van der Waals surface area contributed by atoms with Gasteiger partial charge in [0.2, 0.25) is 5.91 Å². The summed E-state index contributed by atoms with van der Waals surface area (Å²) in [5.74, 6) is -3.40. The maximum atomic E-state index is 13.6. The number of hydrogen-bond acceptors (Lipinski definition) is 4. The van der Waals surface area contributed by atoms with E-state index in [1.165, 1.54) is 11.3 Å². The maximum Gasteiger partial charge on any atom is 0.251 e. The molecule has 0 saturated heterocycles. The minimum atomic E-state index is -1.02. The van der Waals surface area contributed by atoms with E-state index in [4.69, 9.17) is 11.5 Å². The number of carbonyl (C=O) groups excluding carboxylic acids is 2. The maximum absolute atomic E-state index is 13.6. The molecule has 0 aliphatic rings. The van der Waals surface area contributed by atoms with Crippen LogP contribution in [0.15, 0.2) is 23.6 Å². The van der Waals surface area contributed by atoms with Crippen LogP contribution in [0.1, 0.15) is 25.6 Å². The van der Waals surface area contributed by atoms with Gasteiger partial charge in [0.05, 0.1) is 16.8 Å². The lowest BCUT2D eigenvalue weighted by atomic mass is 10.1. The van der Waals surface area contributed by atoms with Crippen molar-refractivity contribution in [1.29, 1.82) is 0 Å². The Labute approximate surface area is 122 Å². The number of benzene rings is 1. The third kappa shape index (κ3) is 3.34. The fourth-order valence-corrected chi connectivity index (χ4v) is 2.47. The second-order valence-corrected chi connectivity index (χ2v) is 5.19. The van der Waals surface area contributed by atoms with Crippen LogP contribution in [0.25, 0.3) is 0 Å². The number of amides is 2. The number of hydrogen-bond donors (Lipinski definition) is 3. The van der Waals surface area contributed by atoms with Crippen LogP contribution in [-0.4, -0.2) is 11.8 Å². The quantitative estimate of drug-likeness (QED) is 0.785. The van der Waals surface area contributed by atoms with Crippen LogP contribution in [-0.2, 0) is 6.54 Å². The van der Waals surface area contributed by atoms with Crippen molar-refractivity contribution in [2.45, 2.75) is 6.54 Å². The van der Waals surface area contributed by atoms with E-state index in [0.29, 0.717) is 11.6 Å². The molecule has 110 valence electrons. The number of primary amides is 2. The number of halogens is 2. The molecule has 0 aliphatic carbocycles. The third-order valence-electron chi connectivity index (χ3n) is 2.71. The van der Waals surface area contributed by atoms with Crippen molar-refractivity contribution < 1.29 is 18.4 Å². The van der Waals surface area contributed by atoms with E-state index in [9.17, 15) is 18.4 Å². The molecule has 0 fully saturated rings. The van der Waals surface area contributed by atoms with Gasteiger partial charge in [-0.05, 0) is 12.1 Å². The smallest absolute Gasteiger partial charge is 0.251 e. The number of carbonyl (C=O) groups is 2. The second-order valence-electron chi connectivity index (χ2n) is 4.20. The van der Waals surface area contributed by atoms with E-state index >= 15 is 0 Å². The lowest BCUT2D eigenvalue weighted by molar-refractivity contribution is 0.0989. The standard InChI is InChI=1S/C13H11F2N3O2S/c14-9-3-10(15)11(2-8(9)13(17)20)18-4-7-1-6(5-21-7)12(16)19/h1-3,5,18H,4H2,(H2,16,19)(H2,17,20). The van der Waals surface area contributed by atoms with Crippen LogP contribution in [0, 0.1) is 11.6 Å². The summed E-state index contributed by atoms with van der Waals surface area (Å²) >= 11 is 1.27. The van der Waals surface area contributed by atoms with Gasteiger partial charge in [0.15, 0.2) is 0 Å². The van der Waals surface area contributed by atoms with E-state index in [1.54, 1.807) is 11.4 Å². The number of anilines is 1. The van der Waals surface area contributed by atoms with Gasteiger partial charge in [-0.2, -0.15) is 0 Å². The predicted octanol–water partition coefficient (Wildman–Crippen LogP) is 1.84. The van der Waals surface area contributed by atoms with Crippen molar-refractivity contribution in [1.82, 2.24) is 0 Å². The Morgan fingerprint density at radius 3 is 2.38 bits per heavy atom. The van der Waals surface area contributed by atoms with Crippen LogP contribution in [0.3, 0.4) is 0 Å². The average Bonchev–Trinajstić information content (AvgIpc) is 2.86. The number of thiophene rings is 1. The van der Waals surface area contributed by atoms with Crippen molar-refractivity contribution in [2.24, 2.45) is 11.5 Å². The molecule has 0 atom stereocenters. The number of nitrogens with two attached hydrogens (primary N) is 2. The Morgan fingerprint density at radius 1 is 1.10 bits per heavy atom. The Kier molecular flexibility index (Phi) is 4.18. The molecule has 2 aromatic rings. The molecule has 1 aromatic carbocycles. The highest BCUT2D eigenvalue weighted by Crippen LogP contribution is 2.21. The van der Waals surface area contributed by atoms with Gasteiger partial charge >= 0.3 is 0 Å². The highest BCUT2D eigenvalue weighted by atomic mass is 32.1. The summed E-state index contributed by atoms with van der Waals surface area (Å²) in [5.41, 5.74) is 10.0. The van der Waals surface area contributed by atoms with Crippen LogP contribution >= 0.6 is 11.3 Å². The van der Waals surface area contributed by atoms with Crippen LogP contribution in [0.5, 0.6) is 0 Å². The highest BCUT2D eigenvalue weighted by Gasteiger charge is 2.14. The minimum absolute atomic E-state index is 0.0563. The zero-order valence-electron chi connectivity index (χ0n) is 10.7. The predicted molar refractivity (Wildman–Crippen MR) is 75.0 cm³/mol. The fourth-order valence-electron chi connectivity index (χ4n) is 1.66. The molecule has 0 radical (unpaired) electrons. The molecule has 0 bridgehead atoms. The largest absolute Gasteiger partial charge is 0.378 e. The lowest BCUT2D eigenvalue weighted by Gasteiger charge is -2.08. The lowest BCUT2D eigenvalue weighted by Crippen LogP contribution is -2.14. The zero-order chi connectivity index (χ0) is 15.6. The molecule has 2 amide bonds. The molecule has 21 heavy (non-hydrogen) atoms. The Morgan fingerprint density at radius 2 is 1.81 bits per heavy atom. The van der Waals surface area contributed by atoms with Gasteiger partial charge in [0.25, 0.3) is 5.91 Å². The Bertz CT molecular complexity index is 715. The van der Waals surface area contributed by atoms with Gasteiger partial charge in [0, 0.05) is 22.9 Å². The normalized spacial score (nSPS) is 10.4. The summed E-state index contributed by atoms with van der Waals surface area (Å²) in [7, 11) is 0. The molecule has 1 aromatic heterocycles. The minimum Gasteiger partial charge on any atom is -0.378 e. The molecule has 0 unspecified atom stereocenters. The van der Waals surface area contributed by atoms with Crippen molar-refractivity contribution in [3.05, 3.63) is 51.2 Å². The monoisotopic (exact) mass is 311 g/mol. The van der Waals surface area contributed by atoms with Gasteiger partial charge in [-0.15, -0.1) is 11.3 Å². The third-order valence-corrected chi connectivity index (χ3v) is 3.65. The molecular formula is C13H11F2N3O2S. The zero-order valence-corrected chi connectivity index (χ0v) is 11.5. The van der Waals surface area contributed by atoms with Crippen molar-refractivity contribution in [3.8, 4) is 0 Å². The summed E-state index contributed by atoms with van der Waals surface area (Å²) in [6.07, 6.45) is 0. The van der Waals surface area contributed by atoms with Gasteiger partial charge < -0.3 is 16.8 Å². The first-order chi connectivity index (χ1) is 9.88. The molecule has 5 nitrogen and oxygen atoms in total. The van der Waals surface area contributed by atoms with Crippen molar-refractivity contribution in [2.75, 3.05) is 5.32 Å². The van der Waals surface area contributed by atoms with E-state index < -0.39 is 29.0 Å².